The third-order valence-corrected chi connectivity index (χ3v) is 3.03. The molecule has 2 heteroatoms. The average molecular weight is 302 g/mol. The van der Waals surface area contributed by atoms with Gasteiger partial charge in [0, 0.05) is 18.5 Å². The maximum Gasteiger partial charge on any atom is 0.223 e. The van der Waals surface area contributed by atoms with E-state index in [2.05, 4.69) is 46.4 Å². The van der Waals surface area contributed by atoms with Crippen molar-refractivity contribution in [2.24, 2.45) is 5.92 Å². The molecule has 0 aromatic heterocycles. The highest BCUT2D eigenvalue weighted by atomic mass is 16.2. The molecule has 0 unspecified atom stereocenters. The predicted octanol–water partition coefficient (Wildman–Crippen LogP) is 6.29. The van der Waals surface area contributed by atoms with E-state index in [1.165, 1.54) is 19.3 Å². The van der Waals surface area contributed by atoms with Crippen LogP contribution in [0.25, 0.3) is 0 Å². The highest BCUT2D eigenvalue weighted by Crippen LogP contribution is 2.28. The smallest absolute Gasteiger partial charge is 0.223 e. The first-order valence-corrected chi connectivity index (χ1v) is 9.15. The molecule has 1 amide bonds. The molecule has 0 saturated carbocycles. The van der Waals surface area contributed by atoms with Crippen LogP contribution in [0.3, 0.4) is 0 Å². The Bertz CT molecular complexity index is 222. The molecule has 130 valence electrons. The first kappa shape index (κ1) is 25.4. The van der Waals surface area contributed by atoms with Crippen molar-refractivity contribution < 1.29 is 4.79 Å². The minimum atomic E-state index is 0.0875. The van der Waals surface area contributed by atoms with Gasteiger partial charge in [-0.25, -0.2) is 0 Å². The third-order valence-electron chi connectivity index (χ3n) is 3.03. The van der Waals surface area contributed by atoms with Gasteiger partial charge in [0.2, 0.25) is 5.91 Å². The van der Waals surface area contributed by atoms with Crippen LogP contribution in [-0.2, 0) is 4.79 Å². The Hall–Kier alpha value is -0.530. The van der Waals surface area contributed by atoms with E-state index >= 15 is 0 Å². The molecule has 1 heterocycles. The molecular weight excluding hydrogens is 258 g/mol. The first-order chi connectivity index (χ1) is 9.85. The van der Waals surface area contributed by atoms with Crippen molar-refractivity contribution >= 4 is 5.91 Å². The molecule has 2 nitrogen and oxygen atoms in total. The summed E-state index contributed by atoms with van der Waals surface area (Å²) in [7, 11) is 0. The second kappa shape index (κ2) is 15.9. The molecule has 0 spiro atoms. The normalized spacial score (nSPS) is 15.7. The van der Waals surface area contributed by atoms with Gasteiger partial charge < -0.3 is 4.90 Å². The second-order valence-corrected chi connectivity index (χ2v) is 6.12. The van der Waals surface area contributed by atoms with Crippen LogP contribution in [0.4, 0.5) is 0 Å². The molecule has 1 fully saturated rings. The molecule has 0 aromatic rings. The van der Waals surface area contributed by atoms with Crippen molar-refractivity contribution in [3.8, 4) is 0 Å². The van der Waals surface area contributed by atoms with Gasteiger partial charge in [-0.2, -0.15) is 0 Å². The van der Waals surface area contributed by atoms with Crippen molar-refractivity contribution in [2.75, 3.05) is 6.54 Å². The Morgan fingerprint density at radius 3 is 1.81 bits per heavy atom. The lowest BCUT2D eigenvalue weighted by atomic mass is 9.89. The van der Waals surface area contributed by atoms with Crippen molar-refractivity contribution in [3.05, 3.63) is 0 Å². The molecule has 1 aliphatic rings. The van der Waals surface area contributed by atoms with Gasteiger partial charge >= 0.3 is 0 Å². The number of hydrogen-bond acceptors (Lipinski definition) is 1. The maximum absolute atomic E-state index is 12.0. The zero-order valence-electron chi connectivity index (χ0n) is 16.7. The molecule has 21 heavy (non-hydrogen) atoms. The van der Waals surface area contributed by atoms with Gasteiger partial charge in [-0.3, -0.25) is 4.79 Å². The number of carbonyl (C=O) groups is 1. The van der Waals surface area contributed by atoms with E-state index in [9.17, 15) is 4.79 Å². The first-order valence-electron chi connectivity index (χ1n) is 9.15. The van der Waals surface area contributed by atoms with Gasteiger partial charge in [-0.15, -0.1) is 0 Å². The van der Waals surface area contributed by atoms with E-state index in [0.717, 1.165) is 13.0 Å². The topological polar surface area (TPSA) is 20.3 Å². The van der Waals surface area contributed by atoms with Crippen molar-refractivity contribution in [1.82, 2.24) is 4.90 Å². The van der Waals surface area contributed by atoms with E-state index < -0.39 is 0 Å². The minimum Gasteiger partial charge on any atom is -0.338 e. The van der Waals surface area contributed by atoms with Gasteiger partial charge in [0.1, 0.15) is 0 Å². The fourth-order valence-corrected chi connectivity index (χ4v) is 2.19. The molecule has 1 rings (SSSR count). The summed E-state index contributed by atoms with van der Waals surface area (Å²) < 4.78 is 0. The number of nitrogens with zero attached hydrogens (tertiary/aromatic N) is 1. The largest absolute Gasteiger partial charge is 0.338 e. The van der Waals surface area contributed by atoms with Crippen molar-refractivity contribution in [1.29, 1.82) is 0 Å². The van der Waals surface area contributed by atoms with Gasteiger partial charge in [-0.05, 0) is 39.0 Å². The molecule has 0 atom stereocenters. The standard InChI is InChI=1S/C12H23NO.C3H8.2C2H6/c1-10(2)9-11(14)13-8-6-5-7-12(13,3)4;1-3-2;2*1-2/h10H,5-9H2,1-4H3;3H2,1-2H3;2*1-2H3. The fourth-order valence-electron chi connectivity index (χ4n) is 2.19. The van der Waals surface area contributed by atoms with E-state index in [0.29, 0.717) is 18.2 Å². The lowest BCUT2D eigenvalue weighted by Gasteiger charge is -2.43. The summed E-state index contributed by atoms with van der Waals surface area (Å²) in [5.74, 6) is 0.810. The highest BCUT2D eigenvalue weighted by Gasteiger charge is 2.32. The predicted molar refractivity (Wildman–Crippen MR) is 97.8 cm³/mol. The van der Waals surface area contributed by atoms with Crippen molar-refractivity contribution in [2.45, 2.75) is 107 Å². The molecule has 0 aromatic carbocycles. The van der Waals surface area contributed by atoms with Gasteiger partial charge in [0.15, 0.2) is 0 Å². The summed E-state index contributed by atoms with van der Waals surface area (Å²) in [5.41, 5.74) is 0.0875. The van der Waals surface area contributed by atoms with E-state index in [1.807, 2.05) is 27.7 Å². The number of piperidine rings is 1. The zero-order valence-corrected chi connectivity index (χ0v) is 16.7. The van der Waals surface area contributed by atoms with Crippen LogP contribution >= 0.6 is 0 Å². The summed E-state index contributed by atoms with van der Waals surface area (Å²) >= 11 is 0. The number of amides is 1. The Labute approximate surface area is 135 Å². The highest BCUT2D eigenvalue weighted by molar-refractivity contribution is 5.77. The Balaban J connectivity index is -0.000000399. The van der Waals surface area contributed by atoms with Gasteiger partial charge in [0.25, 0.3) is 0 Å². The van der Waals surface area contributed by atoms with Crippen molar-refractivity contribution in [3.63, 3.8) is 0 Å². The van der Waals surface area contributed by atoms with Crippen LogP contribution in [0.1, 0.15) is 101 Å². The zero-order chi connectivity index (χ0) is 17.5. The Morgan fingerprint density at radius 1 is 1.05 bits per heavy atom. The van der Waals surface area contributed by atoms with Crippen LogP contribution in [0, 0.1) is 5.92 Å². The quantitative estimate of drug-likeness (QED) is 0.586. The van der Waals surface area contributed by atoms with Gasteiger partial charge in [-0.1, -0.05) is 61.8 Å². The molecule has 0 N–H and O–H groups in total. The number of carbonyl (C=O) groups excluding carboxylic acids is 1. The molecule has 0 aliphatic carbocycles. The molecule has 0 radical (unpaired) electrons. The molecule has 1 aliphatic heterocycles. The lowest BCUT2D eigenvalue weighted by molar-refractivity contribution is -0.139. The third kappa shape index (κ3) is 12.9. The summed E-state index contributed by atoms with van der Waals surface area (Å²) in [5, 5.41) is 0. The summed E-state index contributed by atoms with van der Waals surface area (Å²) in [6, 6.07) is 0. The minimum absolute atomic E-state index is 0.0875. The molecule has 0 bridgehead atoms. The van der Waals surface area contributed by atoms with Crippen LogP contribution in [0.2, 0.25) is 0 Å². The van der Waals surface area contributed by atoms with Crippen LogP contribution in [-0.4, -0.2) is 22.9 Å². The van der Waals surface area contributed by atoms with Crippen LogP contribution in [0.15, 0.2) is 0 Å². The van der Waals surface area contributed by atoms with E-state index in [-0.39, 0.29) is 5.54 Å². The van der Waals surface area contributed by atoms with E-state index in [4.69, 9.17) is 0 Å². The summed E-state index contributed by atoms with van der Waals surface area (Å²) in [4.78, 5) is 14.0. The molecule has 1 saturated heterocycles. The number of likely N-dealkylation sites (tertiary alicyclic amines) is 1. The van der Waals surface area contributed by atoms with E-state index in [1.54, 1.807) is 0 Å². The summed E-state index contributed by atoms with van der Waals surface area (Å²) in [6.45, 7) is 21.8. The lowest BCUT2D eigenvalue weighted by Crippen LogP contribution is -2.50. The van der Waals surface area contributed by atoms with Crippen LogP contribution in [0.5, 0.6) is 0 Å². The Morgan fingerprint density at radius 2 is 1.48 bits per heavy atom. The van der Waals surface area contributed by atoms with Gasteiger partial charge in [0.05, 0.1) is 0 Å². The fraction of sp³-hybridized carbons (Fsp3) is 0.947. The maximum atomic E-state index is 12.0. The second-order valence-electron chi connectivity index (χ2n) is 6.12. The summed E-state index contributed by atoms with van der Waals surface area (Å²) in [6.07, 6.45) is 5.53. The number of hydrogen-bond donors (Lipinski definition) is 0. The van der Waals surface area contributed by atoms with Crippen LogP contribution < -0.4 is 0 Å². The molecular formula is C19H43NO. The Kier molecular flexibility index (Phi) is 19.2. The average Bonchev–Trinajstić information content (AvgIpc) is 2.42. The SMILES string of the molecule is CC.CC.CC(C)CC(=O)N1CCCCC1(C)C.CCC. The monoisotopic (exact) mass is 301 g/mol. The number of rotatable bonds is 2.